The highest BCUT2D eigenvalue weighted by molar-refractivity contribution is 6.30. The number of rotatable bonds is 4. The number of para-hydroxylation sites is 1. The van der Waals surface area contributed by atoms with Crippen LogP contribution in [0.4, 0.5) is 21.9 Å². The molecule has 1 heterocycles. The molecule has 3 aromatic rings. The SMILES string of the molecule is Cc1ccc(C(=O)Nc2ccccc2)cc1NC(=O)N1CCN(c2cccc(Cl)c2)CC1. The lowest BCUT2D eigenvalue weighted by molar-refractivity contribution is 0.102. The highest BCUT2D eigenvalue weighted by Gasteiger charge is 2.22. The van der Waals surface area contributed by atoms with E-state index < -0.39 is 0 Å². The summed E-state index contributed by atoms with van der Waals surface area (Å²) in [4.78, 5) is 29.5. The van der Waals surface area contributed by atoms with Crippen molar-refractivity contribution in [2.24, 2.45) is 0 Å². The Hall–Kier alpha value is -3.51. The van der Waals surface area contributed by atoms with E-state index in [9.17, 15) is 9.59 Å². The van der Waals surface area contributed by atoms with E-state index in [1.165, 1.54) is 0 Å². The number of amides is 3. The number of benzene rings is 3. The van der Waals surface area contributed by atoms with Gasteiger partial charge in [-0.3, -0.25) is 4.79 Å². The normalized spacial score (nSPS) is 13.6. The van der Waals surface area contributed by atoms with Gasteiger partial charge in [-0.1, -0.05) is 41.9 Å². The Kier molecular flexibility index (Phi) is 6.61. The minimum absolute atomic E-state index is 0.167. The van der Waals surface area contributed by atoms with Gasteiger partial charge in [0.25, 0.3) is 5.91 Å². The molecule has 3 amide bonds. The molecule has 6 nitrogen and oxygen atoms in total. The third-order valence-electron chi connectivity index (χ3n) is 5.51. The van der Waals surface area contributed by atoms with Crippen molar-refractivity contribution in [3.8, 4) is 0 Å². The van der Waals surface area contributed by atoms with Gasteiger partial charge in [-0.2, -0.15) is 0 Å². The van der Waals surface area contributed by atoms with Gasteiger partial charge in [0.1, 0.15) is 0 Å². The largest absolute Gasteiger partial charge is 0.368 e. The lowest BCUT2D eigenvalue weighted by atomic mass is 10.1. The van der Waals surface area contributed by atoms with Gasteiger partial charge < -0.3 is 20.4 Å². The summed E-state index contributed by atoms with van der Waals surface area (Å²) in [6.07, 6.45) is 0. The number of nitrogens with zero attached hydrogens (tertiary/aromatic N) is 2. The molecule has 1 saturated heterocycles. The maximum Gasteiger partial charge on any atom is 0.321 e. The summed E-state index contributed by atoms with van der Waals surface area (Å²) in [7, 11) is 0. The van der Waals surface area contributed by atoms with Crippen LogP contribution >= 0.6 is 11.6 Å². The van der Waals surface area contributed by atoms with E-state index >= 15 is 0 Å². The smallest absolute Gasteiger partial charge is 0.321 e. The molecule has 0 bridgehead atoms. The van der Waals surface area contributed by atoms with Crippen LogP contribution in [0.2, 0.25) is 5.02 Å². The van der Waals surface area contributed by atoms with Gasteiger partial charge >= 0.3 is 6.03 Å². The average molecular weight is 449 g/mol. The number of halogens is 1. The van der Waals surface area contributed by atoms with Crippen molar-refractivity contribution >= 4 is 40.6 Å². The summed E-state index contributed by atoms with van der Waals surface area (Å²) in [6.45, 7) is 4.57. The standard InChI is InChI=1S/C25H25ClN4O2/c1-18-10-11-19(24(31)27-21-7-3-2-4-8-21)16-23(18)28-25(32)30-14-12-29(13-15-30)22-9-5-6-20(26)17-22/h2-11,16-17H,12-15H2,1H3,(H,27,31)(H,28,32). The monoisotopic (exact) mass is 448 g/mol. The molecule has 164 valence electrons. The summed E-state index contributed by atoms with van der Waals surface area (Å²) in [5.74, 6) is -0.221. The Balaban J connectivity index is 1.38. The van der Waals surface area contributed by atoms with Gasteiger partial charge in [-0.15, -0.1) is 0 Å². The predicted octanol–water partition coefficient (Wildman–Crippen LogP) is 5.25. The molecular formula is C25H25ClN4O2. The number of hydrogen-bond acceptors (Lipinski definition) is 3. The zero-order chi connectivity index (χ0) is 22.5. The Bertz CT molecular complexity index is 1110. The summed E-state index contributed by atoms with van der Waals surface area (Å²) in [5.41, 5.74) is 3.80. The lowest BCUT2D eigenvalue weighted by Gasteiger charge is -2.36. The van der Waals surface area contributed by atoms with Crippen LogP contribution < -0.4 is 15.5 Å². The number of nitrogens with one attached hydrogen (secondary N) is 2. The molecule has 0 radical (unpaired) electrons. The fraction of sp³-hybridized carbons (Fsp3) is 0.200. The van der Waals surface area contributed by atoms with Crippen molar-refractivity contribution in [2.45, 2.75) is 6.92 Å². The molecule has 1 fully saturated rings. The molecule has 0 aromatic heterocycles. The molecule has 0 spiro atoms. The first kappa shape index (κ1) is 21.7. The Labute approximate surface area is 192 Å². The minimum Gasteiger partial charge on any atom is -0.368 e. The summed E-state index contributed by atoms with van der Waals surface area (Å²) < 4.78 is 0. The quantitative estimate of drug-likeness (QED) is 0.572. The van der Waals surface area contributed by atoms with E-state index in [2.05, 4.69) is 15.5 Å². The Morgan fingerprint density at radius 2 is 1.59 bits per heavy atom. The van der Waals surface area contributed by atoms with Crippen molar-refractivity contribution in [1.82, 2.24) is 4.90 Å². The molecular weight excluding hydrogens is 424 g/mol. The molecule has 2 N–H and O–H groups in total. The van der Waals surface area contributed by atoms with Crippen molar-refractivity contribution in [3.05, 3.63) is 88.9 Å². The summed E-state index contributed by atoms with van der Waals surface area (Å²) in [6, 6.07) is 22.2. The van der Waals surface area contributed by atoms with Crippen LogP contribution in [0.5, 0.6) is 0 Å². The number of hydrogen-bond donors (Lipinski definition) is 2. The van der Waals surface area contributed by atoms with E-state index in [4.69, 9.17) is 11.6 Å². The van der Waals surface area contributed by atoms with Gasteiger partial charge in [-0.05, 0) is 55.0 Å². The number of piperazine rings is 1. The van der Waals surface area contributed by atoms with Crippen molar-refractivity contribution in [2.75, 3.05) is 41.7 Å². The molecule has 7 heteroatoms. The second kappa shape index (κ2) is 9.75. The highest BCUT2D eigenvalue weighted by atomic mass is 35.5. The lowest BCUT2D eigenvalue weighted by Crippen LogP contribution is -2.50. The van der Waals surface area contributed by atoms with Crippen LogP contribution in [0.15, 0.2) is 72.8 Å². The molecule has 0 atom stereocenters. The molecule has 1 aliphatic heterocycles. The van der Waals surface area contributed by atoms with Crippen LogP contribution in [-0.2, 0) is 0 Å². The third-order valence-corrected chi connectivity index (χ3v) is 5.75. The highest BCUT2D eigenvalue weighted by Crippen LogP contribution is 2.22. The summed E-state index contributed by atoms with van der Waals surface area (Å²) >= 11 is 6.10. The zero-order valence-electron chi connectivity index (χ0n) is 17.8. The molecule has 0 saturated carbocycles. The van der Waals surface area contributed by atoms with Crippen LogP contribution in [0.3, 0.4) is 0 Å². The molecule has 0 aliphatic carbocycles. The van der Waals surface area contributed by atoms with Crippen molar-refractivity contribution in [1.29, 1.82) is 0 Å². The van der Waals surface area contributed by atoms with Gasteiger partial charge in [0.2, 0.25) is 0 Å². The molecule has 0 unspecified atom stereocenters. The fourth-order valence-electron chi connectivity index (χ4n) is 3.66. The topological polar surface area (TPSA) is 64.7 Å². The van der Waals surface area contributed by atoms with Crippen molar-refractivity contribution < 1.29 is 9.59 Å². The average Bonchev–Trinajstić information content (AvgIpc) is 2.81. The van der Waals surface area contributed by atoms with Gasteiger partial charge in [0.15, 0.2) is 0 Å². The van der Waals surface area contributed by atoms with E-state index in [1.807, 2.05) is 67.6 Å². The first-order valence-electron chi connectivity index (χ1n) is 10.5. The number of carbonyl (C=O) groups is 2. The summed E-state index contributed by atoms with van der Waals surface area (Å²) in [5, 5.41) is 6.54. The minimum atomic E-state index is -0.221. The number of aryl methyl sites for hydroxylation is 1. The predicted molar refractivity (Wildman–Crippen MR) is 130 cm³/mol. The second-order valence-corrected chi connectivity index (χ2v) is 8.17. The zero-order valence-corrected chi connectivity index (χ0v) is 18.6. The fourth-order valence-corrected chi connectivity index (χ4v) is 3.84. The van der Waals surface area contributed by atoms with E-state index in [-0.39, 0.29) is 11.9 Å². The van der Waals surface area contributed by atoms with Crippen LogP contribution in [0.25, 0.3) is 0 Å². The molecule has 1 aliphatic rings. The maximum absolute atomic E-state index is 12.9. The first-order chi connectivity index (χ1) is 15.5. The van der Waals surface area contributed by atoms with E-state index in [0.29, 0.717) is 29.4 Å². The Morgan fingerprint density at radius 3 is 2.31 bits per heavy atom. The molecule has 4 rings (SSSR count). The number of carbonyl (C=O) groups excluding carboxylic acids is 2. The van der Waals surface area contributed by atoms with E-state index in [0.717, 1.165) is 30.0 Å². The number of urea groups is 1. The van der Waals surface area contributed by atoms with Gasteiger partial charge in [-0.25, -0.2) is 4.79 Å². The maximum atomic E-state index is 12.9. The Morgan fingerprint density at radius 1 is 0.844 bits per heavy atom. The van der Waals surface area contributed by atoms with E-state index in [1.54, 1.807) is 17.0 Å². The first-order valence-corrected chi connectivity index (χ1v) is 10.9. The third kappa shape index (κ3) is 5.21. The van der Waals surface area contributed by atoms with Crippen molar-refractivity contribution in [3.63, 3.8) is 0 Å². The molecule has 32 heavy (non-hydrogen) atoms. The molecule has 3 aromatic carbocycles. The van der Waals surface area contributed by atoms with Crippen LogP contribution in [0, 0.1) is 6.92 Å². The van der Waals surface area contributed by atoms with Crippen LogP contribution in [-0.4, -0.2) is 43.0 Å². The number of anilines is 3. The second-order valence-electron chi connectivity index (χ2n) is 7.73. The van der Waals surface area contributed by atoms with Crippen LogP contribution in [0.1, 0.15) is 15.9 Å². The van der Waals surface area contributed by atoms with Gasteiger partial charge in [0, 0.05) is 53.8 Å². The van der Waals surface area contributed by atoms with Gasteiger partial charge in [0.05, 0.1) is 0 Å².